The van der Waals surface area contributed by atoms with Gasteiger partial charge in [0.05, 0.1) is 12.3 Å². The molecule has 0 unspecified atom stereocenters. The number of hydrogen-bond acceptors (Lipinski definition) is 4. The highest BCUT2D eigenvalue weighted by molar-refractivity contribution is 7.71. The Morgan fingerprint density at radius 1 is 1.30 bits per heavy atom. The van der Waals surface area contributed by atoms with Gasteiger partial charge in [0, 0.05) is 0 Å². The fourth-order valence-corrected chi connectivity index (χ4v) is 1.94. The summed E-state index contributed by atoms with van der Waals surface area (Å²) in [4.78, 5) is 16.9. The van der Waals surface area contributed by atoms with Gasteiger partial charge in [-0.2, -0.15) is 5.26 Å². The maximum Gasteiger partial charge on any atom is 0.270 e. The lowest BCUT2D eigenvalue weighted by Crippen LogP contribution is -2.13. The van der Waals surface area contributed by atoms with Crippen LogP contribution < -0.4 is 10.3 Å². The molecule has 0 saturated carbocycles. The number of nitrogens with one attached hydrogen (secondary N) is 2. The number of rotatable bonds is 4. The monoisotopic (exact) mass is 287 g/mol. The quantitative estimate of drug-likeness (QED) is 0.847. The van der Waals surface area contributed by atoms with Crippen LogP contribution in [0.15, 0.2) is 29.1 Å². The first-order valence-corrected chi connectivity index (χ1v) is 6.56. The van der Waals surface area contributed by atoms with Gasteiger partial charge in [0.15, 0.2) is 4.77 Å². The molecule has 0 bridgehead atoms. The zero-order valence-electron chi connectivity index (χ0n) is 10.9. The van der Waals surface area contributed by atoms with E-state index in [9.17, 15) is 4.79 Å². The van der Waals surface area contributed by atoms with Crippen molar-refractivity contribution in [1.82, 2.24) is 9.97 Å². The van der Waals surface area contributed by atoms with Gasteiger partial charge >= 0.3 is 0 Å². The molecule has 0 aliphatic carbocycles. The van der Waals surface area contributed by atoms with Crippen LogP contribution in [0, 0.1) is 16.1 Å². The van der Waals surface area contributed by atoms with E-state index in [0.717, 1.165) is 12.2 Å². The van der Waals surface area contributed by atoms with Crippen molar-refractivity contribution >= 4 is 12.2 Å². The summed E-state index contributed by atoms with van der Waals surface area (Å²) in [7, 11) is 0. The van der Waals surface area contributed by atoms with E-state index in [-0.39, 0.29) is 10.3 Å². The summed E-state index contributed by atoms with van der Waals surface area (Å²) < 4.78 is 5.68. The first-order valence-electron chi connectivity index (χ1n) is 6.15. The number of aromatic nitrogens is 2. The van der Waals surface area contributed by atoms with Gasteiger partial charge in [-0.15, -0.1) is 0 Å². The van der Waals surface area contributed by atoms with Crippen LogP contribution in [0.3, 0.4) is 0 Å². The molecule has 2 rings (SSSR count). The highest BCUT2D eigenvalue weighted by Crippen LogP contribution is 2.22. The fraction of sp³-hybridized carbons (Fsp3) is 0.214. The number of H-pyrrole nitrogens is 2. The molecule has 0 atom stereocenters. The molecular weight excluding hydrogens is 274 g/mol. The van der Waals surface area contributed by atoms with Gasteiger partial charge in [-0.1, -0.05) is 6.92 Å². The van der Waals surface area contributed by atoms with Crippen molar-refractivity contribution in [3.63, 3.8) is 0 Å². The molecule has 0 aliphatic heterocycles. The van der Waals surface area contributed by atoms with E-state index in [1.165, 1.54) is 0 Å². The molecule has 2 aromatic rings. The second-order valence-corrected chi connectivity index (χ2v) is 4.55. The minimum atomic E-state index is -0.488. The molecule has 5 nitrogen and oxygen atoms in total. The molecule has 0 fully saturated rings. The van der Waals surface area contributed by atoms with Crippen molar-refractivity contribution in [2.24, 2.45) is 0 Å². The largest absolute Gasteiger partial charge is 0.494 e. The van der Waals surface area contributed by atoms with Crippen LogP contribution in [0.5, 0.6) is 5.75 Å². The minimum absolute atomic E-state index is 0.0147. The molecule has 6 heteroatoms. The van der Waals surface area contributed by atoms with E-state index < -0.39 is 5.56 Å². The molecular formula is C14H13N3O2S. The summed E-state index contributed by atoms with van der Waals surface area (Å²) in [6.45, 7) is 2.68. The molecule has 20 heavy (non-hydrogen) atoms. The first kappa shape index (κ1) is 14.0. The molecule has 102 valence electrons. The summed E-state index contributed by atoms with van der Waals surface area (Å²) >= 11 is 4.93. The van der Waals surface area contributed by atoms with Crippen LogP contribution in [0.2, 0.25) is 0 Å². The Bertz CT molecular complexity index is 754. The van der Waals surface area contributed by atoms with Gasteiger partial charge in [0.25, 0.3) is 5.56 Å². The van der Waals surface area contributed by atoms with E-state index in [2.05, 4.69) is 9.97 Å². The van der Waals surface area contributed by atoms with Crippen molar-refractivity contribution in [2.45, 2.75) is 13.3 Å². The molecule has 0 amide bonds. The predicted molar refractivity (Wildman–Crippen MR) is 78.2 cm³/mol. The number of nitrogens with zero attached hydrogens (tertiary/aromatic N) is 1. The van der Waals surface area contributed by atoms with E-state index in [0.29, 0.717) is 17.9 Å². The number of nitriles is 1. The summed E-state index contributed by atoms with van der Waals surface area (Å²) in [5.41, 5.74) is 0.657. The Hall–Kier alpha value is -2.39. The second-order valence-electron chi connectivity index (χ2n) is 4.14. The van der Waals surface area contributed by atoms with Crippen LogP contribution in [-0.4, -0.2) is 16.6 Å². The van der Waals surface area contributed by atoms with Crippen molar-refractivity contribution in [3.05, 3.63) is 45.0 Å². The molecule has 0 aliphatic rings. The average Bonchev–Trinajstić information content (AvgIpc) is 2.45. The SMILES string of the molecule is CCCOc1ccc(-c2[nH]c(=S)[nH]c(=O)c2C#N)cc1. The minimum Gasteiger partial charge on any atom is -0.494 e. The summed E-state index contributed by atoms with van der Waals surface area (Å²) in [5, 5.41) is 9.07. The molecule has 1 aromatic carbocycles. The zero-order chi connectivity index (χ0) is 14.5. The van der Waals surface area contributed by atoms with Crippen molar-refractivity contribution in [3.8, 4) is 23.1 Å². The highest BCUT2D eigenvalue weighted by atomic mass is 32.1. The van der Waals surface area contributed by atoms with E-state index >= 15 is 0 Å². The van der Waals surface area contributed by atoms with E-state index in [1.807, 2.05) is 13.0 Å². The van der Waals surface area contributed by atoms with Crippen molar-refractivity contribution in [2.75, 3.05) is 6.61 Å². The summed E-state index contributed by atoms with van der Waals surface area (Å²) in [5.74, 6) is 0.748. The van der Waals surface area contributed by atoms with Crippen LogP contribution >= 0.6 is 12.2 Å². The van der Waals surface area contributed by atoms with E-state index in [1.54, 1.807) is 24.3 Å². The van der Waals surface area contributed by atoms with Crippen LogP contribution in [0.1, 0.15) is 18.9 Å². The number of hydrogen-bond donors (Lipinski definition) is 2. The highest BCUT2D eigenvalue weighted by Gasteiger charge is 2.10. The third-order valence-electron chi connectivity index (χ3n) is 2.67. The third kappa shape index (κ3) is 2.95. The lowest BCUT2D eigenvalue weighted by molar-refractivity contribution is 0.317. The number of aromatic amines is 2. The van der Waals surface area contributed by atoms with Gasteiger partial charge in [-0.3, -0.25) is 9.78 Å². The second kappa shape index (κ2) is 6.17. The molecule has 2 N–H and O–H groups in total. The normalized spacial score (nSPS) is 10.0. The van der Waals surface area contributed by atoms with Gasteiger partial charge in [0.1, 0.15) is 17.4 Å². The Kier molecular flexibility index (Phi) is 4.33. The van der Waals surface area contributed by atoms with Crippen molar-refractivity contribution < 1.29 is 4.74 Å². The summed E-state index contributed by atoms with van der Waals surface area (Å²) in [6.07, 6.45) is 0.932. The Balaban J connectivity index is 2.45. The standard InChI is InChI=1S/C14H13N3O2S/c1-2-7-19-10-5-3-9(4-6-10)12-11(8-15)13(18)17-14(20)16-12/h3-6H,2,7H2,1H3,(H2,16,17,18,20). The van der Waals surface area contributed by atoms with Gasteiger partial charge in [-0.05, 0) is 48.5 Å². The fourth-order valence-electron chi connectivity index (χ4n) is 1.75. The zero-order valence-corrected chi connectivity index (χ0v) is 11.7. The lowest BCUT2D eigenvalue weighted by Gasteiger charge is -2.07. The third-order valence-corrected chi connectivity index (χ3v) is 2.87. The van der Waals surface area contributed by atoms with Crippen molar-refractivity contribution in [1.29, 1.82) is 5.26 Å². The predicted octanol–water partition coefficient (Wildman–Crippen LogP) is 2.76. The average molecular weight is 287 g/mol. The molecule has 0 saturated heterocycles. The molecule has 0 spiro atoms. The lowest BCUT2D eigenvalue weighted by atomic mass is 10.1. The van der Waals surface area contributed by atoms with Crippen LogP contribution in [0.25, 0.3) is 11.3 Å². The number of ether oxygens (including phenoxy) is 1. The maximum absolute atomic E-state index is 11.7. The van der Waals surface area contributed by atoms with Gasteiger partial charge in [0.2, 0.25) is 0 Å². The molecule has 1 heterocycles. The Morgan fingerprint density at radius 3 is 2.60 bits per heavy atom. The molecule has 0 radical (unpaired) electrons. The Morgan fingerprint density at radius 2 is 2.00 bits per heavy atom. The van der Waals surface area contributed by atoms with E-state index in [4.69, 9.17) is 22.2 Å². The topological polar surface area (TPSA) is 81.7 Å². The summed E-state index contributed by atoms with van der Waals surface area (Å²) in [6, 6.07) is 9.04. The van der Waals surface area contributed by atoms with Crippen LogP contribution in [0.4, 0.5) is 0 Å². The van der Waals surface area contributed by atoms with Crippen LogP contribution in [-0.2, 0) is 0 Å². The first-order chi connectivity index (χ1) is 9.65. The van der Waals surface area contributed by atoms with Gasteiger partial charge in [-0.25, -0.2) is 0 Å². The smallest absolute Gasteiger partial charge is 0.270 e. The Labute approximate surface area is 120 Å². The number of benzene rings is 1. The molecule has 1 aromatic heterocycles. The van der Waals surface area contributed by atoms with Gasteiger partial charge < -0.3 is 9.72 Å². The maximum atomic E-state index is 11.7.